The van der Waals surface area contributed by atoms with Crippen molar-refractivity contribution in [1.82, 2.24) is 4.90 Å². The van der Waals surface area contributed by atoms with Crippen LogP contribution in [-0.2, 0) is 0 Å². The Balaban J connectivity index is 1.64. The molecule has 2 heterocycles. The zero-order valence-corrected chi connectivity index (χ0v) is 15.7. The summed E-state index contributed by atoms with van der Waals surface area (Å²) in [6, 6.07) is 8.04. The highest BCUT2D eigenvalue weighted by Crippen LogP contribution is 2.34. The van der Waals surface area contributed by atoms with Gasteiger partial charge >= 0.3 is 0 Å². The van der Waals surface area contributed by atoms with E-state index in [1.54, 1.807) is 0 Å². The first kappa shape index (κ1) is 18.2. The minimum absolute atomic E-state index is 0.159. The van der Waals surface area contributed by atoms with Gasteiger partial charge in [-0.2, -0.15) is 0 Å². The van der Waals surface area contributed by atoms with Crippen molar-refractivity contribution in [1.29, 1.82) is 0 Å². The second-order valence-electron chi connectivity index (χ2n) is 8.16. The molecule has 4 heteroatoms. The number of benzene rings is 1. The topological polar surface area (TPSA) is 43.8 Å². The summed E-state index contributed by atoms with van der Waals surface area (Å²) in [5.41, 5.74) is 2.22. The van der Waals surface area contributed by atoms with Crippen molar-refractivity contribution >= 4 is 11.6 Å². The number of amides is 1. The third-order valence-electron chi connectivity index (χ3n) is 5.87. The second kappa shape index (κ2) is 7.77. The summed E-state index contributed by atoms with van der Waals surface area (Å²) in [6.45, 7) is 8.08. The fourth-order valence-electron chi connectivity index (χ4n) is 4.42. The van der Waals surface area contributed by atoms with Gasteiger partial charge in [0.15, 0.2) is 0 Å². The average Bonchev–Trinajstić information content (AvgIpc) is 2.62. The number of nitrogens with zero attached hydrogens (tertiary/aromatic N) is 2. The van der Waals surface area contributed by atoms with Crippen molar-refractivity contribution in [2.75, 3.05) is 31.1 Å². The van der Waals surface area contributed by atoms with Crippen LogP contribution in [0.1, 0.15) is 62.7 Å². The van der Waals surface area contributed by atoms with Crippen LogP contribution in [0.2, 0.25) is 0 Å². The maximum absolute atomic E-state index is 12.9. The first-order valence-corrected chi connectivity index (χ1v) is 9.83. The molecule has 0 aliphatic carbocycles. The molecule has 0 bridgehead atoms. The molecule has 3 rings (SSSR count). The Morgan fingerprint density at radius 2 is 1.88 bits per heavy atom. The number of aliphatic hydroxyl groups excluding tert-OH is 1. The summed E-state index contributed by atoms with van der Waals surface area (Å²) in [6.07, 6.45) is 6.19. The van der Waals surface area contributed by atoms with Crippen LogP contribution in [0.3, 0.4) is 0 Å². The third-order valence-corrected chi connectivity index (χ3v) is 5.87. The summed E-state index contributed by atoms with van der Waals surface area (Å²) in [5.74, 6) is 0.169. The van der Waals surface area contributed by atoms with Crippen LogP contribution in [-0.4, -0.2) is 48.2 Å². The fourth-order valence-corrected chi connectivity index (χ4v) is 4.42. The molecule has 1 atom stereocenters. The van der Waals surface area contributed by atoms with Crippen molar-refractivity contribution < 1.29 is 9.90 Å². The number of anilines is 1. The maximum Gasteiger partial charge on any atom is 0.253 e. The van der Waals surface area contributed by atoms with Crippen molar-refractivity contribution in [2.45, 2.75) is 58.5 Å². The predicted octanol–water partition coefficient (Wildman–Crippen LogP) is 3.69. The smallest absolute Gasteiger partial charge is 0.253 e. The van der Waals surface area contributed by atoms with Gasteiger partial charge in [0.05, 0.1) is 6.10 Å². The molecule has 138 valence electrons. The predicted molar refractivity (Wildman–Crippen MR) is 102 cm³/mol. The standard InChI is InChI=1S/C21H32N2O2/c1-3-11-21(2)12-4-13-23(16-21)20(25)17-5-7-18(8-6-17)22-14-9-19(24)10-15-22/h5-8,19,24H,3-4,9-16H2,1-2H3. The van der Waals surface area contributed by atoms with E-state index in [2.05, 4.69) is 30.9 Å². The number of piperidine rings is 2. The monoisotopic (exact) mass is 344 g/mol. The van der Waals surface area contributed by atoms with Crippen molar-refractivity contribution in [3.63, 3.8) is 0 Å². The third kappa shape index (κ3) is 4.35. The van der Waals surface area contributed by atoms with Crippen LogP contribution in [0.25, 0.3) is 0 Å². The zero-order valence-electron chi connectivity index (χ0n) is 15.7. The number of hydrogen-bond donors (Lipinski definition) is 1. The van der Waals surface area contributed by atoms with Crippen molar-refractivity contribution in [3.8, 4) is 0 Å². The Morgan fingerprint density at radius 3 is 2.52 bits per heavy atom. The maximum atomic E-state index is 12.9. The highest BCUT2D eigenvalue weighted by atomic mass is 16.3. The van der Waals surface area contributed by atoms with E-state index in [9.17, 15) is 9.90 Å². The molecule has 0 radical (unpaired) electrons. The molecule has 0 saturated carbocycles. The van der Waals surface area contributed by atoms with E-state index >= 15 is 0 Å². The van der Waals surface area contributed by atoms with Gasteiger partial charge in [-0.05, 0) is 61.8 Å². The highest BCUT2D eigenvalue weighted by Gasteiger charge is 2.32. The van der Waals surface area contributed by atoms with Crippen LogP contribution >= 0.6 is 0 Å². The molecule has 2 fully saturated rings. The van der Waals surface area contributed by atoms with Gasteiger partial charge in [0, 0.05) is 37.4 Å². The summed E-state index contributed by atoms with van der Waals surface area (Å²) in [7, 11) is 0. The quantitative estimate of drug-likeness (QED) is 0.906. The Kier molecular flexibility index (Phi) is 5.67. The first-order chi connectivity index (χ1) is 12.0. The fraction of sp³-hybridized carbons (Fsp3) is 0.667. The lowest BCUT2D eigenvalue weighted by Gasteiger charge is -2.40. The van der Waals surface area contributed by atoms with Crippen LogP contribution < -0.4 is 4.90 Å². The molecule has 4 nitrogen and oxygen atoms in total. The molecule has 0 spiro atoms. The lowest BCUT2D eigenvalue weighted by molar-refractivity contribution is 0.0530. The molecule has 0 aromatic heterocycles. The summed E-state index contributed by atoms with van der Waals surface area (Å²) in [5, 5.41) is 9.64. The van der Waals surface area contributed by atoms with Gasteiger partial charge in [0.1, 0.15) is 0 Å². The van der Waals surface area contributed by atoms with Gasteiger partial charge in [-0.25, -0.2) is 0 Å². The minimum Gasteiger partial charge on any atom is -0.393 e. The van der Waals surface area contributed by atoms with E-state index in [0.29, 0.717) is 0 Å². The average molecular weight is 344 g/mol. The molecule has 25 heavy (non-hydrogen) atoms. The summed E-state index contributed by atoms with van der Waals surface area (Å²) >= 11 is 0. The lowest BCUT2D eigenvalue weighted by atomic mass is 9.78. The second-order valence-corrected chi connectivity index (χ2v) is 8.16. The van der Waals surface area contributed by atoms with E-state index in [0.717, 1.165) is 56.7 Å². The number of rotatable bonds is 4. The Bertz CT molecular complexity index is 574. The number of carbonyl (C=O) groups excluding carboxylic acids is 1. The van der Waals surface area contributed by atoms with Crippen LogP contribution in [0.5, 0.6) is 0 Å². The highest BCUT2D eigenvalue weighted by molar-refractivity contribution is 5.94. The molecule has 2 aliphatic rings. The normalized spacial score (nSPS) is 25.2. The van der Waals surface area contributed by atoms with Gasteiger partial charge < -0.3 is 14.9 Å². The molecular weight excluding hydrogens is 312 g/mol. The van der Waals surface area contributed by atoms with Gasteiger partial charge in [-0.3, -0.25) is 4.79 Å². The van der Waals surface area contributed by atoms with Crippen LogP contribution in [0, 0.1) is 5.41 Å². The van der Waals surface area contributed by atoms with Gasteiger partial charge in [0.2, 0.25) is 0 Å². The number of hydrogen-bond acceptors (Lipinski definition) is 3. The largest absolute Gasteiger partial charge is 0.393 e. The Morgan fingerprint density at radius 1 is 1.20 bits per heavy atom. The van der Waals surface area contributed by atoms with Crippen LogP contribution in [0.15, 0.2) is 24.3 Å². The number of likely N-dealkylation sites (tertiary alicyclic amines) is 1. The minimum atomic E-state index is -0.159. The Labute approximate surface area is 151 Å². The van der Waals surface area contributed by atoms with Crippen LogP contribution in [0.4, 0.5) is 5.69 Å². The summed E-state index contributed by atoms with van der Waals surface area (Å²) in [4.78, 5) is 17.2. The molecule has 1 N–H and O–H groups in total. The molecule has 1 aromatic carbocycles. The lowest BCUT2D eigenvalue weighted by Crippen LogP contribution is -2.44. The van der Waals surface area contributed by atoms with Crippen molar-refractivity contribution in [2.24, 2.45) is 5.41 Å². The molecule has 2 saturated heterocycles. The van der Waals surface area contributed by atoms with E-state index in [4.69, 9.17) is 0 Å². The zero-order chi connectivity index (χ0) is 17.9. The molecular formula is C21H32N2O2. The SMILES string of the molecule is CCCC1(C)CCCN(C(=O)c2ccc(N3CCC(O)CC3)cc2)C1. The molecule has 1 aromatic rings. The number of carbonyl (C=O) groups is 1. The van der Waals surface area contributed by atoms with Gasteiger partial charge in [-0.1, -0.05) is 20.3 Å². The molecule has 2 aliphatic heterocycles. The van der Waals surface area contributed by atoms with Gasteiger partial charge in [-0.15, -0.1) is 0 Å². The first-order valence-electron chi connectivity index (χ1n) is 9.83. The number of aliphatic hydroxyl groups is 1. The van der Waals surface area contributed by atoms with Gasteiger partial charge in [0.25, 0.3) is 5.91 Å². The van der Waals surface area contributed by atoms with E-state index in [-0.39, 0.29) is 17.4 Å². The van der Waals surface area contributed by atoms with E-state index in [1.807, 2.05) is 17.0 Å². The molecule has 1 unspecified atom stereocenters. The van der Waals surface area contributed by atoms with E-state index < -0.39 is 0 Å². The van der Waals surface area contributed by atoms with Crippen molar-refractivity contribution in [3.05, 3.63) is 29.8 Å². The molecule has 1 amide bonds. The van der Waals surface area contributed by atoms with E-state index in [1.165, 1.54) is 19.3 Å². The summed E-state index contributed by atoms with van der Waals surface area (Å²) < 4.78 is 0. The Hall–Kier alpha value is -1.55.